The van der Waals surface area contributed by atoms with Crippen molar-refractivity contribution in [1.82, 2.24) is 16.0 Å². The van der Waals surface area contributed by atoms with Gasteiger partial charge in [-0.1, -0.05) is 67.1 Å². The van der Waals surface area contributed by atoms with Crippen molar-refractivity contribution in [3.8, 4) is 0 Å². The number of rotatable bonds is 8. The maximum Gasteiger partial charge on any atom is 0.315 e. The van der Waals surface area contributed by atoms with Crippen molar-refractivity contribution in [2.24, 2.45) is 0 Å². The molecule has 0 unspecified atom stereocenters. The van der Waals surface area contributed by atoms with E-state index < -0.39 is 0 Å². The molecule has 2 aromatic rings. The number of hydrogen-bond donors (Lipinski definition) is 3. The normalized spacial score (nSPS) is 14.7. The van der Waals surface area contributed by atoms with E-state index >= 15 is 0 Å². The first-order valence-corrected chi connectivity index (χ1v) is 9.56. The molecule has 2 aromatic carbocycles. The molecule has 5 nitrogen and oxygen atoms in total. The Morgan fingerprint density at radius 1 is 0.852 bits per heavy atom. The van der Waals surface area contributed by atoms with Crippen molar-refractivity contribution < 1.29 is 9.59 Å². The Hall–Kier alpha value is -2.82. The number of carbonyl (C=O) groups is 2. The van der Waals surface area contributed by atoms with Gasteiger partial charge in [0.05, 0.1) is 0 Å². The Balaban J connectivity index is 1.34. The van der Waals surface area contributed by atoms with Gasteiger partial charge in [0, 0.05) is 31.5 Å². The van der Waals surface area contributed by atoms with E-state index in [4.69, 9.17) is 0 Å². The summed E-state index contributed by atoms with van der Waals surface area (Å²) in [7, 11) is 0. The average Bonchev–Trinajstić information content (AvgIpc) is 2.67. The first-order valence-electron chi connectivity index (χ1n) is 9.56. The Morgan fingerprint density at radius 2 is 1.52 bits per heavy atom. The highest BCUT2D eigenvalue weighted by Gasteiger charge is 2.38. The monoisotopic (exact) mass is 365 g/mol. The lowest BCUT2D eigenvalue weighted by molar-refractivity contribution is -0.121. The lowest BCUT2D eigenvalue weighted by atomic mass is 9.64. The van der Waals surface area contributed by atoms with Gasteiger partial charge in [0.2, 0.25) is 5.91 Å². The van der Waals surface area contributed by atoms with Crippen LogP contribution in [0.25, 0.3) is 0 Å². The second kappa shape index (κ2) is 9.21. The van der Waals surface area contributed by atoms with Gasteiger partial charge in [-0.05, 0) is 24.0 Å². The van der Waals surface area contributed by atoms with Crippen LogP contribution in [0, 0.1) is 0 Å². The summed E-state index contributed by atoms with van der Waals surface area (Å²) in [5.74, 6) is -0.0273. The van der Waals surface area contributed by atoms with Crippen molar-refractivity contribution in [2.75, 3.05) is 13.1 Å². The molecular weight excluding hydrogens is 338 g/mol. The van der Waals surface area contributed by atoms with Crippen LogP contribution in [-0.4, -0.2) is 25.0 Å². The lowest BCUT2D eigenvalue weighted by Crippen LogP contribution is -2.46. The molecule has 0 radical (unpaired) electrons. The molecule has 1 aliphatic rings. The van der Waals surface area contributed by atoms with E-state index in [1.54, 1.807) is 0 Å². The predicted molar refractivity (Wildman–Crippen MR) is 106 cm³/mol. The van der Waals surface area contributed by atoms with Gasteiger partial charge in [0.1, 0.15) is 0 Å². The Labute approximate surface area is 160 Å². The highest BCUT2D eigenvalue weighted by atomic mass is 16.2. The molecule has 0 bridgehead atoms. The molecule has 0 heterocycles. The Morgan fingerprint density at radius 3 is 2.15 bits per heavy atom. The fourth-order valence-corrected chi connectivity index (χ4v) is 3.45. The SMILES string of the molecule is O=C(CCNC(=O)NCc1ccccc1)NCC1(c2ccccc2)CCC1. The van der Waals surface area contributed by atoms with E-state index in [-0.39, 0.29) is 23.8 Å². The minimum atomic E-state index is -0.258. The molecular formula is C22H27N3O2. The van der Waals surface area contributed by atoms with E-state index in [2.05, 4.69) is 40.2 Å². The molecule has 3 amide bonds. The minimum Gasteiger partial charge on any atom is -0.355 e. The van der Waals surface area contributed by atoms with E-state index in [1.807, 2.05) is 36.4 Å². The van der Waals surface area contributed by atoms with Crippen LogP contribution in [0.1, 0.15) is 36.8 Å². The molecule has 1 aliphatic carbocycles. The van der Waals surface area contributed by atoms with Gasteiger partial charge in [0.25, 0.3) is 0 Å². The maximum atomic E-state index is 12.1. The van der Waals surface area contributed by atoms with Crippen molar-refractivity contribution >= 4 is 11.9 Å². The molecule has 142 valence electrons. The molecule has 3 N–H and O–H groups in total. The largest absolute Gasteiger partial charge is 0.355 e. The predicted octanol–water partition coefficient (Wildman–Crippen LogP) is 3.11. The van der Waals surface area contributed by atoms with Crippen LogP contribution >= 0.6 is 0 Å². The van der Waals surface area contributed by atoms with Gasteiger partial charge < -0.3 is 16.0 Å². The lowest BCUT2D eigenvalue weighted by Gasteiger charge is -2.42. The third-order valence-electron chi connectivity index (χ3n) is 5.25. The molecule has 1 fully saturated rings. The van der Waals surface area contributed by atoms with Gasteiger partial charge in [-0.3, -0.25) is 4.79 Å². The first kappa shape index (κ1) is 19.0. The fourth-order valence-electron chi connectivity index (χ4n) is 3.45. The molecule has 0 atom stereocenters. The number of nitrogens with one attached hydrogen (secondary N) is 3. The minimum absolute atomic E-state index is 0.0273. The smallest absolute Gasteiger partial charge is 0.315 e. The van der Waals surface area contributed by atoms with Gasteiger partial charge in [-0.25, -0.2) is 4.79 Å². The molecule has 0 saturated heterocycles. The molecule has 3 rings (SSSR count). The Kier molecular flexibility index (Phi) is 6.47. The van der Waals surface area contributed by atoms with E-state index in [0.717, 1.165) is 18.4 Å². The number of hydrogen-bond acceptors (Lipinski definition) is 2. The van der Waals surface area contributed by atoms with Gasteiger partial charge in [-0.2, -0.15) is 0 Å². The summed E-state index contributed by atoms with van der Waals surface area (Å²) in [6, 6.07) is 19.9. The molecule has 5 heteroatoms. The zero-order chi connectivity index (χ0) is 19.0. The van der Waals surface area contributed by atoms with E-state index in [9.17, 15) is 9.59 Å². The topological polar surface area (TPSA) is 70.2 Å². The van der Waals surface area contributed by atoms with Crippen molar-refractivity contribution in [1.29, 1.82) is 0 Å². The highest BCUT2D eigenvalue weighted by molar-refractivity contribution is 5.78. The summed E-state index contributed by atoms with van der Waals surface area (Å²) in [6.07, 6.45) is 3.70. The molecule has 1 saturated carbocycles. The van der Waals surface area contributed by atoms with Crippen LogP contribution in [0.2, 0.25) is 0 Å². The summed E-state index contributed by atoms with van der Waals surface area (Å²) < 4.78 is 0. The average molecular weight is 365 g/mol. The van der Waals surface area contributed by atoms with Crippen LogP contribution < -0.4 is 16.0 Å². The van der Waals surface area contributed by atoms with E-state index in [1.165, 1.54) is 12.0 Å². The molecule has 0 aromatic heterocycles. The van der Waals surface area contributed by atoms with Crippen molar-refractivity contribution in [2.45, 2.75) is 37.6 Å². The third kappa shape index (κ3) is 5.33. The fraction of sp³-hybridized carbons (Fsp3) is 0.364. The summed E-state index contributed by atoms with van der Waals surface area (Å²) in [6.45, 7) is 1.46. The Bertz CT molecular complexity index is 743. The van der Waals surface area contributed by atoms with Gasteiger partial charge in [0.15, 0.2) is 0 Å². The summed E-state index contributed by atoms with van der Waals surface area (Å²) in [5, 5.41) is 8.56. The van der Waals surface area contributed by atoms with Crippen molar-refractivity contribution in [3.05, 3.63) is 71.8 Å². The molecule has 27 heavy (non-hydrogen) atoms. The number of carbonyl (C=O) groups excluding carboxylic acids is 2. The number of benzene rings is 2. The molecule has 0 spiro atoms. The number of urea groups is 1. The van der Waals surface area contributed by atoms with Gasteiger partial charge >= 0.3 is 6.03 Å². The van der Waals surface area contributed by atoms with Crippen molar-refractivity contribution in [3.63, 3.8) is 0 Å². The quantitative estimate of drug-likeness (QED) is 0.673. The second-order valence-corrected chi connectivity index (χ2v) is 7.12. The summed E-state index contributed by atoms with van der Waals surface area (Å²) >= 11 is 0. The van der Waals surface area contributed by atoms with Crippen LogP contribution in [0.3, 0.4) is 0 Å². The standard InChI is InChI=1S/C22H27N3O2/c26-20(12-15-23-21(27)24-16-18-8-3-1-4-9-18)25-17-22(13-7-14-22)19-10-5-2-6-11-19/h1-6,8-11H,7,12-17H2,(H,25,26)(H2,23,24,27). The zero-order valence-corrected chi connectivity index (χ0v) is 15.5. The number of amides is 3. The third-order valence-corrected chi connectivity index (χ3v) is 5.25. The molecule has 0 aliphatic heterocycles. The summed E-state index contributed by atoms with van der Waals surface area (Å²) in [4.78, 5) is 23.9. The van der Waals surface area contributed by atoms with Crippen LogP contribution in [-0.2, 0) is 16.8 Å². The van der Waals surface area contributed by atoms with Crippen LogP contribution in [0.5, 0.6) is 0 Å². The first-order chi connectivity index (χ1) is 13.2. The highest BCUT2D eigenvalue weighted by Crippen LogP contribution is 2.43. The second-order valence-electron chi connectivity index (χ2n) is 7.12. The summed E-state index contributed by atoms with van der Waals surface area (Å²) in [5.41, 5.74) is 2.42. The van der Waals surface area contributed by atoms with Crippen LogP contribution in [0.15, 0.2) is 60.7 Å². The van der Waals surface area contributed by atoms with Crippen LogP contribution in [0.4, 0.5) is 4.79 Å². The maximum absolute atomic E-state index is 12.1. The zero-order valence-electron chi connectivity index (χ0n) is 15.5. The van der Waals surface area contributed by atoms with Gasteiger partial charge in [-0.15, -0.1) is 0 Å². The van der Waals surface area contributed by atoms with E-state index in [0.29, 0.717) is 19.6 Å².